The molecule has 0 saturated carbocycles. The van der Waals surface area contributed by atoms with Crippen molar-refractivity contribution in [2.75, 3.05) is 26.2 Å². The molecular weight excluding hydrogens is 340 g/mol. The van der Waals surface area contributed by atoms with E-state index in [2.05, 4.69) is 50.5 Å². The Hall–Kier alpha value is -2.24. The van der Waals surface area contributed by atoms with E-state index in [4.69, 9.17) is 9.73 Å². The van der Waals surface area contributed by atoms with Gasteiger partial charge in [0.2, 0.25) is 0 Å². The molecule has 1 aromatic rings. The number of nitrogens with zero attached hydrogens (tertiary/aromatic N) is 2. The van der Waals surface area contributed by atoms with Crippen molar-refractivity contribution >= 4 is 12.1 Å². The van der Waals surface area contributed by atoms with Gasteiger partial charge in [-0.2, -0.15) is 0 Å². The lowest BCUT2D eigenvalue weighted by atomic mass is 10.00. The van der Waals surface area contributed by atoms with Crippen LogP contribution in [-0.2, 0) is 11.3 Å². The van der Waals surface area contributed by atoms with Crippen LogP contribution in [0.1, 0.15) is 48.9 Å². The maximum absolute atomic E-state index is 11.8. The standard InChI is InChI=1S/C21H34N4O2/c1-6-22-20(23-14-19-16(4)12-15(3)13-17(19)5)24-18-8-10-25(11-9-18)21(26)27-7-2/h12-13,18H,6-11,14H2,1-5H3,(H2,22,23,24). The smallest absolute Gasteiger partial charge is 0.409 e. The molecule has 27 heavy (non-hydrogen) atoms. The van der Waals surface area contributed by atoms with Crippen LogP contribution in [0.5, 0.6) is 0 Å². The minimum Gasteiger partial charge on any atom is -0.450 e. The predicted molar refractivity (Wildman–Crippen MR) is 110 cm³/mol. The van der Waals surface area contributed by atoms with Gasteiger partial charge >= 0.3 is 6.09 Å². The fourth-order valence-corrected chi connectivity index (χ4v) is 3.55. The molecule has 150 valence electrons. The predicted octanol–water partition coefficient (Wildman–Crippen LogP) is 3.29. The van der Waals surface area contributed by atoms with Crippen molar-refractivity contribution < 1.29 is 9.53 Å². The molecule has 0 radical (unpaired) electrons. The number of aryl methyl sites for hydroxylation is 3. The van der Waals surface area contributed by atoms with Gasteiger partial charge in [0.05, 0.1) is 13.2 Å². The third kappa shape index (κ3) is 6.15. The van der Waals surface area contributed by atoms with Crippen LogP contribution in [0.4, 0.5) is 4.79 Å². The number of hydrogen-bond donors (Lipinski definition) is 2. The van der Waals surface area contributed by atoms with Gasteiger partial charge < -0.3 is 20.3 Å². The van der Waals surface area contributed by atoms with Crippen molar-refractivity contribution in [2.45, 2.75) is 60.0 Å². The summed E-state index contributed by atoms with van der Waals surface area (Å²) in [7, 11) is 0. The first-order valence-electron chi connectivity index (χ1n) is 9.97. The minimum atomic E-state index is -0.207. The van der Waals surface area contributed by atoms with E-state index < -0.39 is 0 Å². The number of carbonyl (C=O) groups excluding carboxylic acids is 1. The summed E-state index contributed by atoms with van der Waals surface area (Å²) in [5.41, 5.74) is 5.15. The van der Waals surface area contributed by atoms with Crippen molar-refractivity contribution in [2.24, 2.45) is 4.99 Å². The lowest BCUT2D eigenvalue weighted by molar-refractivity contribution is 0.0963. The first-order chi connectivity index (χ1) is 12.9. The van der Waals surface area contributed by atoms with Crippen LogP contribution in [-0.4, -0.2) is 49.2 Å². The summed E-state index contributed by atoms with van der Waals surface area (Å²) in [4.78, 5) is 18.4. The number of carbonyl (C=O) groups is 1. The average molecular weight is 375 g/mol. The zero-order valence-electron chi connectivity index (χ0n) is 17.4. The van der Waals surface area contributed by atoms with E-state index in [1.54, 1.807) is 4.90 Å². The number of rotatable bonds is 5. The van der Waals surface area contributed by atoms with Gasteiger partial charge in [-0.05, 0) is 64.2 Å². The molecule has 1 fully saturated rings. The van der Waals surface area contributed by atoms with E-state index in [0.717, 1.165) is 25.3 Å². The van der Waals surface area contributed by atoms with Gasteiger partial charge in [-0.3, -0.25) is 0 Å². The van der Waals surface area contributed by atoms with Crippen molar-refractivity contribution in [3.8, 4) is 0 Å². The third-order valence-electron chi connectivity index (χ3n) is 4.94. The molecule has 2 rings (SSSR count). The molecular formula is C21H34N4O2. The number of nitrogens with one attached hydrogen (secondary N) is 2. The molecule has 0 aromatic heterocycles. The van der Waals surface area contributed by atoms with Gasteiger partial charge in [0.1, 0.15) is 0 Å². The van der Waals surface area contributed by atoms with Crippen molar-refractivity contribution in [1.82, 2.24) is 15.5 Å². The molecule has 0 unspecified atom stereocenters. The van der Waals surface area contributed by atoms with Crippen molar-refractivity contribution in [3.63, 3.8) is 0 Å². The highest BCUT2D eigenvalue weighted by molar-refractivity contribution is 5.80. The fourth-order valence-electron chi connectivity index (χ4n) is 3.55. The largest absolute Gasteiger partial charge is 0.450 e. The Morgan fingerprint density at radius 2 is 1.81 bits per heavy atom. The van der Waals surface area contributed by atoms with Gasteiger partial charge in [0, 0.05) is 25.7 Å². The van der Waals surface area contributed by atoms with Crippen LogP contribution < -0.4 is 10.6 Å². The van der Waals surface area contributed by atoms with Crippen LogP contribution in [0.3, 0.4) is 0 Å². The van der Waals surface area contributed by atoms with Crippen LogP contribution >= 0.6 is 0 Å². The van der Waals surface area contributed by atoms with Gasteiger partial charge in [0.25, 0.3) is 0 Å². The summed E-state index contributed by atoms with van der Waals surface area (Å²) in [6.45, 7) is 13.7. The van der Waals surface area contributed by atoms with Crippen LogP contribution in [0, 0.1) is 20.8 Å². The van der Waals surface area contributed by atoms with E-state index in [1.807, 2.05) is 6.92 Å². The second-order valence-corrected chi connectivity index (χ2v) is 7.18. The molecule has 1 amide bonds. The molecule has 0 atom stereocenters. The quantitative estimate of drug-likeness (QED) is 0.613. The Bertz CT molecular complexity index is 641. The lowest BCUT2D eigenvalue weighted by Crippen LogP contribution is -2.49. The first kappa shape index (κ1) is 21.1. The minimum absolute atomic E-state index is 0.207. The number of hydrogen-bond acceptors (Lipinski definition) is 3. The van der Waals surface area contributed by atoms with Gasteiger partial charge in [-0.1, -0.05) is 17.7 Å². The first-order valence-corrected chi connectivity index (χ1v) is 9.97. The highest BCUT2D eigenvalue weighted by Gasteiger charge is 2.24. The number of likely N-dealkylation sites (tertiary alicyclic amines) is 1. The second-order valence-electron chi connectivity index (χ2n) is 7.18. The molecule has 1 aliphatic heterocycles. The molecule has 0 bridgehead atoms. The van der Waals surface area contributed by atoms with Crippen LogP contribution in [0.2, 0.25) is 0 Å². The summed E-state index contributed by atoms with van der Waals surface area (Å²) >= 11 is 0. The highest BCUT2D eigenvalue weighted by Crippen LogP contribution is 2.17. The monoisotopic (exact) mass is 374 g/mol. The van der Waals surface area contributed by atoms with E-state index >= 15 is 0 Å². The lowest BCUT2D eigenvalue weighted by Gasteiger charge is -2.32. The molecule has 6 heteroatoms. The zero-order valence-corrected chi connectivity index (χ0v) is 17.4. The molecule has 1 aromatic carbocycles. The summed E-state index contributed by atoms with van der Waals surface area (Å²) in [6.07, 6.45) is 1.58. The number of piperidine rings is 1. The Labute approximate surface area is 163 Å². The Morgan fingerprint density at radius 1 is 1.19 bits per heavy atom. The van der Waals surface area contributed by atoms with Gasteiger partial charge in [-0.25, -0.2) is 9.79 Å². The van der Waals surface area contributed by atoms with E-state index in [0.29, 0.717) is 32.3 Å². The number of aliphatic imine (C=N–C) groups is 1. The molecule has 2 N–H and O–H groups in total. The Morgan fingerprint density at radius 3 is 2.37 bits per heavy atom. The highest BCUT2D eigenvalue weighted by atomic mass is 16.6. The summed E-state index contributed by atoms with van der Waals surface area (Å²) in [5, 5.41) is 6.87. The van der Waals surface area contributed by atoms with Gasteiger partial charge in [-0.15, -0.1) is 0 Å². The number of ether oxygens (including phenoxy) is 1. The van der Waals surface area contributed by atoms with Crippen molar-refractivity contribution in [1.29, 1.82) is 0 Å². The second kappa shape index (κ2) is 10.2. The molecule has 1 aliphatic rings. The van der Waals surface area contributed by atoms with E-state index in [9.17, 15) is 4.79 Å². The third-order valence-corrected chi connectivity index (χ3v) is 4.94. The summed E-state index contributed by atoms with van der Waals surface area (Å²) < 4.78 is 5.09. The average Bonchev–Trinajstić information content (AvgIpc) is 2.61. The SMILES string of the molecule is CCNC(=NCc1c(C)cc(C)cc1C)NC1CCN(C(=O)OCC)CC1. The zero-order chi connectivity index (χ0) is 19.8. The van der Waals surface area contributed by atoms with Gasteiger partial charge in [0.15, 0.2) is 5.96 Å². The molecule has 0 aliphatic carbocycles. The van der Waals surface area contributed by atoms with E-state index in [-0.39, 0.29) is 6.09 Å². The number of benzene rings is 1. The normalized spacial score (nSPS) is 15.6. The summed E-state index contributed by atoms with van der Waals surface area (Å²) in [5.74, 6) is 0.839. The topological polar surface area (TPSA) is 66.0 Å². The van der Waals surface area contributed by atoms with E-state index in [1.165, 1.54) is 22.3 Å². The summed E-state index contributed by atoms with van der Waals surface area (Å²) in [6, 6.07) is 4.74. The molecule has 0 spiro atoms. The number of amides is 1. The fraction of sp³-hybridized carbons (Fsp3) is 0.619. The van der Waals surface area contributed by atoms with Crippen molar-refractivity contribution in [3.05, 3.63) is 34.4 Å². The van der Waals surface area contributed by atoms with Crippen LogP contribution in [0.25, 0.3) is 0 Å². The number of guanidine groups is 1. The Kier molecular flexibility index (Phi) is 7.95. The molecule has 1 heterocycles. The Balaban J connectivity index is 1.96. The molecule has 6 nitrogen and oxygen atoms in total. The molecule has 1 saturated heterocycles. The maximum Gasteiger partial charge on any atom is 0.409 e. The van der Waals surface area contributed by atoms with Crippen LogP contribution in [0.15, 0.2) is 17.1 Å². The maximum atomic E-state index is 11.8.